The van der Waals surface area contributed by atoms with Crippen LogP contribution in [-0.4, -0.2) is 25.1 Å². The van der Waals surface area contributed by atoms with Crippen molar-refractivity contribution < 1.29 is 0 Å². The monoisotopic (exact) mass is 530 g/mol. The third kappa shape index (κ3) is 4.77. The maximum atomic E-state index is 5.84. The van der Waals surface area contributed by atoms with E-state index in [0.717, 1.165) is 50.0 Å². The Morgan fingerprint density at radius 3 is 1.93 bits per heavy atom. The van der Waals surface area contributed by atoms with Crippen LogP contribution in [-0.2, 0) is 6.54 Å². The molecular formula is C35H26N6. The summed E-state index contributed by atoms with van der Waals surface area (Å²) in [4.78, 5) is 14.7. The van der Waals surface area contributed by atoms with Crippen LogP contribution in [0.1, 0.15) is 5.56 Å². The van der Waals surface area contributed by atoms with E-state index in [-0.39, 0.29) is 0 Å². The normalized spacial score (nSPS) is 11.1. The summed E-state index contributed by atoms with van der Waals surface area (Å²) in [5, 5.41) is 8.54. The molecule has 0 fully saturated rings. The first-order chi connectivity index (χ1) is 20.3. The fourth-order valence-corrected chi connectivity index (χ4v) is 5.08. The van der Waals surface area contributed by atoms with Gasteiger partial charge in [-0.25, -0.2) is 9.97 Å². The van der Waals surface area contributed by atoms with E-state index < -0.39 is 0 Å². The van der Waals surface area contributed by atoms with Gasteiger partial charge in [-0.15, -0.1) is 0 Å². The number of pyridine rings is 2. The first-order valence-corrected chi connectivity index (χ1v) is 13.5. The van der Waals surface area contributed by atoms with Crippen molar-refractivity contribution in [3.63, 3.8) is 0 Å². The standard InChI is InChI=1S/C35H26N6/c36-22-23-11-13-27(14-12-23)32-29(26-9-5-2-6-10-26)21-30-31(38-32)19-20-37-33(30)35-39-34(40-41-35)28-17-15-25(16-18-28)24-7-3-1-4-8-24/h1-21H,22,36H2,(H,39,40,41). The van der Waals surface area contributed by atoms with E-state index in [1.807, 2.05) is 54.6 Å². The number of nitrogens with one attached hydrogen (secondary N) is 1. The quantitative estimate of drug-likeness (QED) is 0.232. The van der Waals surface area contributed by atoms with Gasteiger partial charge in [0.2, 0.25) is 0 Å². The van der Waals surface area contributed by atoms with E-state index in [4.69, 9.17) is 20.7 Å². The van der Waals surface area contributed by atoms with E-state index in [2.05, 4.69) is 76.9 Å². The van der Waals surface area contributed by atoms with Gasteiger partial charge < -0.3 is 5.73 Å². The Morgan fingerprint density at radius 2 is 1.22 bits per heavy atom. The molecule has 3 N–H and O–H groups in total. The molecule has 0 unspecified atom stereocenters. The Morgan fingerprint density at radius 1 is 0.585 bits per heavy atom. The number of hydrogen-bond donors (Lipinski definition) is 2. The molecule has 3 aromatic heterocycles. The molecule has 3 heterocycles. The second kappa shape index (κ2) is 10.6. The minimum Gasteiger partial charge on any atom is -0.326 e. The SMILES string of the molecule is NCc1ccc(-c2nc3ccnc(-c4nc(-c5ccc(-c6ccccc6)cc5)n[nH]4)c3cc2-c2ccccc2)cc1. The summed E-state index contributed by atoms with van der Waals surface area (Å²) in [6.45, 7) is 0.502. The zero-order chi connectivity index (χ0) is 27.6. The molecular weight excluding hydrogens is 504 g/mol. The number of fused-ring (bicyclic) bond motifs is 1. The Kier molecular flexibility index (Phi) is 6.35. The predicted octanol–water partition coefficient (Wildman–Crippen LogP) is 7.54. The number of nitrogens with zero attached hydrogens (tertiary/aromatic N) is 4. The number of aromatic amines is 1. The van der Waals surface area contributed by atoms with Gasteiger partial charge in [0.15, 0.2) is 11.6 Å². The lowest BCUT2D eigenvalue weighted by Gasteiger charge is -2.13. The van der Waals surface area contributed by atoms with Crippen LogP contribution in [0.15, 0.2) is 128 Å². The summed E-state index contributed by atoms with van der Waals surface area (Å²) in [5.41, 5.74) is 15.7. The summed E-state index contributed by atoms with van der Waals surface area (Å²) < 4.78 is 0. The molecule has 7 aromatic rings. The van der Waals surface area contributed by atoms with E-state index in [0.29, 0.717) is 23.9 Å². The molecule has 0 bridgehead atoms. The maximum Gasteiger partial charge on any atom is 0.181 e. The molecule has 0 saturated carbocycles. The third-order valence-corrected chi connectivity index (χ3v) is 7.25. The molecule has 0 atom stereocenters. The van der Waals surface area contributed by atoms with Crippen molar-refractivity contribution in [3.05, 3.63) is 133 Å². The highest BCUT2D eigenvalue weighted by Gasteiger charge is 2.17. The highest BCUT2D eigenvalue weighted by molar-refractivity contribution is 5.97. The van der Waals surface area contributed by atoms with Crippen molar-refractivity contribution in [1.29, 1.82) is 0 Å². The van der Waals surface area contributed by atoms with Crippen molar-refractivity contribution >= 4 is 10.9 Å². The number of rotatable bonds is 6. The van der Waals surface area contributed by atoms with Crippen LogP contribution in [0.2, 0.25) is 0 Å². The van der Waals surface area contributed by atoms with Crippen molar-refractivity contribution in [3.8, 4) is 56.4 Å². The number of H-pyrrole nitrogens is 1. The molecule has 7 rings (SSSR count). The Balaban J connectivity index is 1.31. The Labute approximate surface area is 237 Å². The van der Waals surface area contributed by atoms with Crippen LogP contribution >= 0.6 is 0 Å². The Bertz CT molecular complexity index is 1950. The second-order valence-electron chi connectivity index (χ2n) is 9.83. The fourth-order valence-electron chi connectivity index (χ4n) is 5.08. The average Bonchev–Trinajstić information content (AvgIpc) is 3.55. The second-order valence-corrected chi connectivity index (χ2v) is 9.83. The van der Waals surface area contributed by atoms with Gasteiger partial charge in [-0.1, -0.05) is 109 Å². The largest absolute Gasteiger partial charge is 0.326 e. The topological polar surface area (TPSA) is 93.4 Å². The number of benzene rings is 4. The molecule has 0 aliphatic rings. The highest BCUT2D eigenvalue weighted by Crippen LogP contribution is 2.36. The smallest absolute Gasteiger partial charge is 0.181 e. The third-order valence-electron chi connectivity index (χ3n) is 7.25. The molecule has 196 valence electrons. The summed E-state index contributed by atoms with van der Waals surface area (Å²) in [6.07, 6.45) is 1.77. The van der Waals surface area contributed by atoms with Crippen LogP contribution in [0.5, 0.6) is 0 Å². The van der Waals surface area contributed by atoms with E-state index >= 15 is 0 Å². The maximum absolute atomic E-state index is 5.84. The zero-order valence-electron chi connectivity index (χ0n) is 22.2. The first-order valence-electron chi connectivity index (χ1n) is 13.5. The highest BCUT2D eigenvalue weighted by atomic mass is 15.2. The lowest BCUT2D eigenvalue weighted by Crippen LogP contribution is -1.97. The first kappa shape index (κ1) is 24.6. The number of nitrogens with two attached hydrogens (primary N) is 1. The molecule has 4 aromatic carbocycles. The van der Waals surface area contributed by atoms with Crippen molar-refractivity contribution in [2.75, 3.05) is 0 Å². The molecule has 41 heavy (non-hydrogen) atoms. The molecule has 0 amide bonds. The van der Waals surface area contributed by atoms with Gasteiger partial charge in [0, 0.05) is 34.8 Å². The summed E-state index contributed by atoms with van der Waals surface area (Å²) in [7, 11) is 0. The molecule has 6 nitrogen and oxygen atoms in total. The van der Waals surface area contributed by atoms with Crippen LogP contribution in [0.3, 0.4) is 0 Å². The molecule has 0 spiro atoms. The summed E-state index contributed by atoms with van der Waals surface area (Å²) >= 11 is 0. The molecule has 6 heteroatoms. The fraction of sp³-hybridized carbons (Fsp3) is 0.0286. The van der Waals surface area contributed by atoms with Crippen LogP contribution in [0, 0.1) is 0 Å². The summed E-state index contributed by atoms with van der Waals surface area (Å²) in [6, 6.07) is 41.2. The van der Waals surface area contributed by atoms with Gasteiger partial charge in [-0.3, -0.25) is 10.1 Å². The lowest BCUT2D eigenvalue weighted by molar-refractivity contribution is 1.07. The number of aromatic nitrogens is 5. The van der Waals surface area contributed by atoms with Crippen molar-refractivity contribution in [2.45, 2.75) is 6.54 Å². The van der Waals surface area contributed by atoms with Crippen LogP contribution < -0.4 is 5.73 Å². The zero-order valence-corrected chi connectivity index (χ0v) is 22.2. The van der Waals surface area contributed by atoms with E-state index in [9.17, 15) is 0 Å². The Hall–Kier alpha value is -5.46. The molecule has 0 radical (unpaired) electrons. The molecule has 0 aliphatic carbocycles. The van der Waals surface area contributed by atoms with E-state index in [1.54, 1.807) is 6.20 Å². The van der Waals surface area contributed by atoms with Gasteiger partial charge in [0.05, 0.1) is 11.2 Å². The predicted molar refractivity (Wildman–Crippen MR) is 165 cm³/mol. The van der Waals surface area contributed by atoms with Crippen molar-refractivity contribution in [1.82, 2.24) is 25.1 Å². The van der Waals surface area contributed by atoms with Crippen LogP contribution in [0.4, 0.5) is 0 Å². The van der Waals surface area contributed by atoms with Gasteiger partial charge in [-0.2, -0.15) is 5.10 Å². The van der Waals surface area contributed by atoms with Gasteiger partial charge in [-0.05, 0) is 34.4 Å². The summed E-state index contributed by atoms with van der Waals surface area (Å²) in [5.74, 6) is 1.21. The minimum atomic E-state index is 0.502. The number of hydrogen-bond acceptors (Lipinski definition) is 5. The van der Waals surface area contributed by atoms with Crippen LogP contribution in [0.25, 0.3) is 67.3 Å². The lowest BCUT2D eigenvalue weighted by atomic mass is 9.96. The van der Waals surface area contributed by atoms with E-state index in [1.165, 1.54) is 5.56 Å². The molecule has 0 saturated heterocycles. The van der Waals surface area contributed by atoms with Crippen molar-refractivity contribution in [2.24, 2.45) is 5.73 Å². The average molecular weight is 531 g/mol. The van der Waals surface area contributed by atoms with Gasteiger partial charge in [0.25, 0.3) is 0 Å². The molecule has 0 aliphatic heterocycles. The van der Waals surface area contributed by atoms with Gasteiger partial charge in [0.1, 0.15) is 5.69 Å². The van der Waals surface area contributed by atoms with Gasteiger partial charge >= 0.3 is 0 Å². The minimum absolute atomic E-state index is 0.502.